The summed E-state index contributed by atoms with van der Waals surface area (Å²) in [5.74, 6) is -2.18. The fourth-order valence-corrected chi connectivity index (χ4v) is 4.41. The Balaban J connectivity index is 2.69. The molecule has 2 rings (SSSR count). The predicted octanol–water partition coefficient (Wildman–Crippen LogP) is 4.73. The van der Waals surface area contributed by atoms with E-state index in [9.17, 15) is 14.4 Å². The molecule has 0 saturated heterocycles. The highest BCUT2D eigenvalue weighted by Crippen LogP contribution is 2.41. The van der Waals surface area contributed by atoms with Crippen molar-refractivity contribution in [3.63, 3.8) is 0 Å². The largest absolute Gasteiger partial charge is 0.463 e. The molecule has 0 aromatic heterocycles. The fraction of sp³-hybridized carbons (Fsp3) is 0.500. The molecular formula is C30H42N2O6. The summed E-state index contributed by atoms with van der Waals surface area (Å²) < 4.78 is 16.3. The quantitative estimate of drug-likeness (QED) is 0.171. The van der Waals surface area contributed by atoms with E-state index in [0.717, 1.165) is 19.3 Å². The van der Waals surface area contributed by atoms with E-state index in [4.69, 9.17) is 14.2 Å². The second-order valence-corrected chi connectivity index (χ2v) is 9.47. The van der Waals surface area contributed by atoms with E-state index in [0.29, 0.717) is 52.4 Å². The molecule has 1 aliphatic heterocycles. The lowest BCUT2D eigenvalue weighted by molar-refractivity contribution is -0.140. The predicted molar refractivity (Wildman–Crippen MR) is 148 cm³/mol. The molecule has 1 N–H and O–H groups in total. The van der Waals surface area contributed by atoms with Crippen LogP contribution in [0.25, 0.3) is 6.08 Å². The van der Waals surface area contributed by atoms with Gasteiger partial charge in [0, 0.05) is 23.5 Å². The second-order valence-electron chi connectivity index (χ2n) is 9.47. The Morgan fingerprint density at radius 2 is 1.58 bits per heavy atom. The Morgan fingerprint density at radius 1 is 0.947 bits per heavy atom. The first-order valence-corrected chi connectivity index (χ1v) is 13.3. The van der Waals surface area contributed by atoms with Crippen molar-refractivity contribution in [2.24, 2.45) is 0 Å². The van der Waals surface area contributed by atoms with E-state index < -0.39 is 23.8 Å². The first-order valence-electron chi connectivity index (χ1n) is 13.3. The summed E-state index contributed by atoms with van der Waals surface area (Å²) in [5, 5.41) is 3.26. The molecule has 0 saturated carbocycles. The molecule has 0 aliphatic carbocycles. The number of hydrogen-bond donors (Lipinski definition) is 1. The Morgan fingerprint density at radius 3 is 2.18 bits per heavy atom. The van der Waals surface area contributed by atoms with Gasteiger partial charge in [-0.15, -0.1) is 0 Å². The monoisotopic (exact) mass is 526 g/mol. The maximum atomic E-state index is 13.4. The van der Waals surface area contributed by atoms with Crippen LogP contribution in [-0.2, 0) is 28.6 Å². The molecule has 0 bridgehead atoms. The highest BCUT2D eigenvalue weighted by atomic mass is 16.5. The van der Waals surface area contributed by atoms with Gasteiger partial charge in [-0.1, -0.05) is 44.0 Å². The van der Waals surface area contributed by atoms with Crippen LogP contribution in [0.2, 0.25) is 0 Å². The van der Waals surface area contributed by atoms with Crippen molar-refractivity contribution >= 4 is 24.0 Å². The van der Waals surface area contributed by atoms with E-state index in [1.807, 2.05) is 43.3 Å². The Labute approximate surface area is 226 Å². The summed E-state index contributed by atoms with van der Waals surface area (Å²) in [6.07, 6.45) is 4.59. The lowest BCUT2D eigenvalue weighted by atomic mass is 9.78. The van der Waals surface area contributed by atoms with Crippen molar-refractivity contribution in [2.45, 2.75) is 59.8 Å². The third-order valence-electron chi connectivity index (χ3n) is 6.09. The Kier molecular flexibility index (Phi) is 12.3. The first kappa shape index (κ1) is 30.8. The van der Waals surface area contributed by atoms with Gasteiger partial charge >= 0.3 is 17.9 Å². The topological polar surface area (TPSA) is 94.2 Å². The van der Waals surface area contributed by atoms with Gasteiger partial charge in [-0.25, -0.2) is 14.4 Å². The van der Waals surface area contributed by atoms with Crippen LogP contribution in [0.4, 0.5) is 0 Å². The summed E-state index contributed by atoms with van der Waals surface area (Å²) in [5.41, 5.74) is 3.74. The first-order chi connectivity index (χ1) is 18.2. The van der Waals surface area contributed by atoms with E-state index in [1.165, 1.54) is 0 Å². The van der Waals surface area contributed by atoms with Gasteiger partial charge < -0.3 is 24.4 Å². The number of carbonyl (C=O) groups is 3. The summed E-state index contributed by atoms with van der Waals surface area (Å²) in [6, 6.07) is 7.42. The molecule has 8 heteroatoms. The third-order valence-corrected chi connectivity index (χ3v) is 6.09. The average molecular weight is 527 g/mol. The SMILES string of the molecule is CCCCCOC(=O)/C(C)=C/c1ccccc1C1C(C(=O)OCC)=C(C)NC(CN(C)C)=C1C(=O)OCC. The van der Waals surface area contributed by atoms with Crippen molar-refractivity contribution < 1.29 is 28.6 Å². The third kappa shape index (κ3) is 8.05. The molecular weight excluding hydrogens is 484 g/mol. The van der Waals surface area contributed by atoms with Gasteiger partial charge in [0.2, 0.25) is 0 Å². The van der Waals surface area contributed by atoms with Crippen LogP contribution >= 0.6 is 0 Å². The minimum Gasteiger partial charge on any atom is -0.463 e. The van der Waals surface area contributed by atoms with Crippen molar-refractivity contribution in [1.82, 2.24) is 10.2 Å². The molecule has 1 atom stereocenters. The second kappa shape index (κ2) is 15.1. The van der Waals surface area contributed by atoms with E-state index in [-0.39, 0.29) is 13.2 Å². The molecule has 0 fully saturated rings. The van der Waals surface area contributed by atoms with Crippen molar-refractivity contribution in [3.05, 3.63) is 63.5 Å². The summed E-state index contributed by atoms with van der Waals surface area (Å²) in [6.45, 7) is 10.3. The smallest absolute Gasteiger partial charge is 0.336 e. The number of carbonyl (C=O) groups excluding carboxylic acids is 3. The molecule has 1 unspecified atom stereocenters. The number of likely N-dealkylation sites (N-methyl/N-ethyl adjacent to an activating group) is 1. The van der Waals surface area contributed by atoms with Crippen molar-refractivity contribution in [1.29, 1.82) is 0 Å². The summed E-state index contributed by atoms with van der Waals surface area (Å²) >= 11 is 0. The van der Waals surface area contributed by atoms with Crippen LogP contribution in [0.15, 0.2) is 52.4 Å². The number of esters is 3. The molecule has 1 aromatic carbocycles. The number of allylic oxidation sites excluding steroid dienone is 1. The van der Waals surface area contributed by atoms with Gasteiger partial charge in [0.05, 0.1) is 36.9 Å². The fourth-order valence-electron chi connectivity index (χ4n) is 4.41. The summed E-state index contributed by atoms with van der Waals surface area (Å²) in [7, 11) is 3.80. The highest BCUT2D eigenvalue weighted by Gasteiger charge is 2.39. The minimum absolute atomic E-state index is 0.187. The van der Waals surface area contributed by atoms with E-state index in [2.05, 4.69) is 12.2 Å². The van der Waals surface area contributed by atoms with Crippen LogP contribution in [0.5, 0.6) is 0 Å². The maximum Gasteiger partial charge on any atom is 0.336 e. The van der Waals surface area contributed by atoms with Gasteiger partial charge in [-0.2, -0.15) is 0 Å². The number of nitrogens with zero attached hydrogens (tertiary/aromatic N) is 1. The zero-order valence-corrected chi connectivity index (χ0v) is 23.8. The standard InChI is InChI=1S/C30H42N2O6/c1-8-11-14-17-38-28(33)20(4)18-22-15-12-13-16-23(22)26-25(29(34)36-9-2)21(5)31-24(19-32(6)7)27(26)30(35)37-10-3/h12-13,15-16,18,26,31H,8-11,14,17,19H2,1-7H3/b20-18+. The number of dihydropyridines is 1. The van der Waals surface area contributed by atoms with Crippen molar-refractivity contribution in [3.8, 4) is 0 Å². The van der Waals surface area contributed by atoms with Gasteiger partial charge in [-0.3, -0.25) is 0 Å². The lowest BCUT2D eigenvalue weighted by Crippen LogP contribution is -2.37. The number of benzene rings is 1. The summed E-state index contributed by atoms with van der Waals surface area (Å²) in [4.78, 5) is 41.3. The van der Waals surface area contributed by atoms with Gasteiger partial charge in [0.25, 0.3) is 0 Å². The van der Waals surface area contributed by atoms with Gasteiger partial charge in [0.1, 0.15) is 0 Å². The minimum atomic E-state index is -0.759. The zero-order valence-electron chi connectivity index (χ0n) is 23.8. The van der Waals surface area contributed by atoms with Crippen LogP contribution in [0, 0.1) is 0 Å². The number of ether oxygens (including phenoxy) is 3. The maximum absolute atomic E-state index is 13.4. The highest BCUT2D eigenvalue weighted by molar-refractivity contribution is 6.00. The van der Waals surface area contributed by atoms with Crippen LogP contribution in [-0.4, -0.2) is 63.3 Å². The van der Waals surface area contributed by atoms with Gasteiger partial charge in [0.15, 0.2) is 0 Å². The number of nitrogens with one attached hydrogen (secondary N) is 1. The van der Waals surface area contributed by atoms with E-state index >= 15 is 0 Å². The Hall–Kier alpha value is -3.39. The molecule has 0 radical (unpaired) electrons. The Bertz CT molecular complexity index is 1100. The number of unbranched alkanes of at least 4 members (excludes halogenated alkanes) is 2. The number of rotatable bonds is 13. The molecule has 0 spiro atoms. The molecule has 8 nitrogen and oxygen atoms in total. The van der Waals surface area contributed by atoms with Gasteiger partial charge in [-0.05, 0) is 65.4 Å². The zero-order chi connectivity index (χ0) is 28.2. The molecule has 38 heavy (non-hydrogen) atoms. The average Bonchev–Trinajstić information content (AvgIpc) is 2.86. The molecule has 1 aromatic rings. The van der Waals surface area contributed by atoms with Crippen LogP contribution in [0.1, 0.15) is 70.9 Å². The molecule has 0 amide bonds. The molecule has 1 heterocycles. The number of hydrogen-bond acceptors (Lipinski definition) is 8. The van der Waals surface area contributed by atoms with E-state index in [1.54, 1.807) is 33.8 Å². The molecule has 208 valence electrons. The van der Waals surface area contributed by atoms with Crippen molar-refractivity contribution in [2.75, 3.05) is 40.5 Å². The van der Waals surface area contributed by atoms with Crippen LogP contribution < -0.4 is 5.32 Å². The molecule has 1 aliphatic rings. The lowest BCUT2D eigenvalue weighted by Gasteiger charge is -2.33. The van der Waals surface area contributed by atoms with Crippen LogP contribution in [0.3, 0.4) is 0 Å². The normalized spacial score (nSPS) is 15.9.